The van der Waals surface area contributed by atoms with Crippen molar-refractivity contribution in [3.8, 4) is 17.2 Å². The zero-order chi connectivity index (χ0) is 18.1. The van der Waals surface area contributed by atoms with Crippen LogP contribution in [0.15, 0.2) is 48.5 Å². The molecule has 0 aliphatic rings. The standard InChI is InChI=1S/C19H21NO5/c1-22-13-25-15-7-4-14(5-8-15)6-11-19(21)20-17-10-9-16(23-2)12-18(17)24-3/h4-12H,13H2,1-3H3,(H,20,21)/b11-6+. The van der Waals surface area contributed by atoms with Gasteiger partial charge in [-0.25, -0.2) is 0 Å². The minimum absolute atomic E-state index is 0.196. The highest BCUT2D eigenvalue weighted by Crippen LogP contribution is 2.29. The quantitative estimate of drug-likeness (QED) is 0.588. The predicted molar refractivity (Wildman–Crippen MR) is 96.2 cm³/mol. The first-order chi connectivity index (χ1) is 12.2. The largest absolute Gasteiger partial charge is 0.497 e. The van der Waals surface area contributed by atoms with E-state index in [-0.39, 0.29) is 12.7 Å². The second kappa shape index (κ2) is 9.34. The zero-order valence-corrected chi connectivity index (χ0v) is 14.4. The Hall–Kier alpha value is -2.99. The molecular weight excluding hydrogens is 322 g/mol. The van der Waals surface area contributed by atoms with E-state index >= 15 is 0 Å². The molecule has 6 heteroatoms. The molecule has 25 heavy (non-hydrogen) atoms. The van der Waals surface area contributed by atoms with Gasteiger partial charge in [-0.15, -0.1) is 0 Å². The number of amides is 1. The third kappa shape index (κ3) is 5.54. The van der Waals surface area contributed by atoms with Gasteiger partial charge in [-0.3, -0.25) is 4.79 Å². The lowest BCUT2D eigenvalue weighted by atomic mass is 10.2. The van der Waals surface area contributed by atoms with E-state index in [0.717, 1.165) is 5.56 Å². The molecular formula is C19H21NO5. The third-order valence-electron chi connectivity index (χ3n) is 3.32. The predicted octanol–water partition coefficient (Wildman–Crippen LogP) is 3.34. The number of carbonyl (C=O) groups is 1. The van der Waals surface area contributed by atoms with Crippen LogP contribution in [-0.2, 0) is 9.53 Å². The number of benzene rings is 2. The molecule has 0 atom stereocenters. The highest BCUT2D eigenvalue weighted by atomic mass is 16.7. The Bertz CT molecular complexity index is 725. The summed E-state index contributed by atoms with van der Waals surface area (Å²) < 4.78 is 20.5. The lowest BCUT2D eigenvalue weighted by Gasteiger charge is -2.10. The first kappa shape index (κ1) is 18.4. The normalized spacial score (nSPS) is 10.5. The molecule has 1 amide bonds. The molecule has 2 rings (SSSR count). The van der Waals surface area contributed by atoms with E-state index in [0.29, 0.717) is 22.9 Å². The van der Waals surface area contributed by atoms with E-state index < -0.39 is 0 Å². The molecule has 0 heterocycles. The second-order valence-corrected chi connectivity index (χ2v) is 5.01. The minimum Gasteiger partial charge on any atom is -0.497 e. The van der Waals surface area contributed by atoms with Gasteiger partial charge in [-0.05, 0) is 35.9 Å². The van der Waals surface area contributed by atoms with E-state index in [1.807, 2.05) is 24.3 Å². The molecule has 0 aliphatic heterocycles. The van der Waals surface area contributed by atoms with Crippen LogP contribution in [0.25, 0.3) is 6.08 Å². The Balaban J connectivity index is 1.98. The second-order valence-electron chi connectivity index (χ2n) is 5.01. The van der Waals surface area contributed by atoms with Gasteiger partial charge in [0.1, 0.15) is 17.2 Å². The van der Waals surface area contributed by atoms with Crippen molar-refractivity contribution in [2.45, 2.75) is 0 Å². The Morgan fingerprint density at radius 1 is 1.00 bits per heavy atom. The summed E-state index contributed by atoms with van der Waals surface area (Å²) in [5.74, 6) is 1.62. The Morgan fingerprint density at radius 2 is 1.72 bits per heavy atom. The maximum atomic E-state index is 12.1. The monoisotopic (exact) mass is 343 g/mol. The van der Waals surface area contributed by atoms with Crippen LogP contribution in [0.2, 0.25) is 0 Å². The zero-order valence-electron chi connectivity index (χ0n) is 14.4. The van der Waals surface area contributed by atoms with E-state index in [1.54, 1.807) is 38.5 Å². The molecule has 0 aromatic heterocycles. The van der Waals surface area contributed by atoms with Crippen LogP contribution in [0.5, 0.6) is 17.2 Å². The number of ether oxygens (including phenoxy) is 4. The summed E-state index contributed by atoms with van der Waals surface area (Å²) in [5.41, 5.74) is 1.45. The molecule has 0 spiro atoms. The number of hydrogen-bond donors (Lipinski definition) is 1. The summed E-state index contributed by atoms with van der Waals surface area (Å²) in [7, 11) is 4.67. The summed E-state index contributed by atoms with van der Waals surface area (Å²) in [4.78, 5) is 12.1. The van der Waals surface area contributed by atoms with Crippen LogP contribution < -0.4 is 19.5 Å². The fourth-order valence-corrected chi connectivity index (χ4v) is 2.05. The molecule has 2 aromatic carbocycles. The van der Waals surface area contributed by atoms with Gasteiger partial charge in [0.2, 0.25) is 5.91 Å². The number of anilines is 1. The van der Waals surface area contributed by atoms with E-state index in [2.05, 4.69) is 5.32 Å². The van der Waals surface area contributed by atoms with E-state index in [4.69, 9.17) is 18.9 Å². The highest BCUT2D eigenvalue weighted by molar-refractivity contribution is 6.02. The molecule has 0 radical (unpaired) electrons. The Morgan fingerprint density at radius 3 is 2.36 bits per heavy atom. The molecule has 0 aliphatic carbocycles. The van der Waals surface area contributed by atoms with Crippen molar-refractivity contribution >= 4 is 17.7 Å². The molecule has 6 nitrogen and oxygen atoms in total. The van der Waals surface area contributed by atoms with Gasteiger partial charge in [0.15, 0.2) is 6.79 Å². The topological polar surface area (TPSA) is 66.0 Å². The summed E-state index contributed by atoms with van der Waals surface area (Å²) in [6, 6.07) is 12.5. The van der Waals surface area contributed by atoms with Crippen LogP contribution in [0.1, 0.15) is 5.56 Å². The first-order valence-corrected chi connectivity index (χ1v) is 7.59. The van der Waals surface area contributed by atoms with Crippen molar-refractivity contribution in [1.82, 2.24) is 0 Å². The maximum Gasteiger partial charge on any atom is 0.248 e. The number of rotatable bonds is 8. The summed E-state index contributed by atoms with van der Waals surface area (Å²) in [6.45, 7) is 0.196. The van der Waals surface area contributed by atoms with Crippen LogP contribution in [0.4, 0.5) is 5.69 Å². The molecule has 0 bridgehead atoms. The van der Waals surface area contributed by atoms with Crippen LogP contribution in [-0.4, -0.2) is 34.0 Å². The van der Waals surface area contributed by atoms with Gasteiger partial charge in [0, 0.05) is 19.3 Å². The molecule has 1 N–H and O–H groups in total. The molecule has 0 saturated heterocycles. The van der Waals surface area contributed by atoms with Crippen LogP contribution in [0.3, 0.4) is 0 Å². The van der Waals surface area contributed by atoms with Crippen molar-refractivity contribution in [3.63, 3.8) is 0 Å². The van der Waals surface area contributed by atoms with Crippen molar-refractivity contribution in [2.24, 2.45) is 0 Å². The van der Waals surface area contributed by atoms with Gasteiger partial charge >= 0.3 is 0 Å². The van der Waals surface area contributed by atoms with Gasteiger partial charge in [-0.2, -0.15) is 0 Å². The van der Waals surface area contributed by atoms with Crippen molar-refractivity contribution in [1.29, 1.82) is 0 Å². The fourth-order valence-electron chi connectivity index (χ4n) is 2.05. The van der Waals surface area contributed by atoms with Crippen LogP contribution in [0, 0.1) is 0 Å². The van der Waals surface area contributed by atoms with E-state index in [9.17, 15) is 4.79 Å². The average Bonchev–Trinajstić information content (AvgIpc) is 2.65. The average molecular weight is 343 g/mol. The molecule has 0 fully saturated rings. The van der Waals surface area contributed by atoms with Crippen molar-refractivity contribution in [3.05, 3.63) is 54.1 Å². The summed E-state index contributed by atoms with van der Waals surface area (Å²) in [5, 5.41) is 2.77. The molecule has 2 aromatic rings. The van der Waals surface area contributed by atoms with Gasteiger partial charge in [0.05, 0.1) is 19.9 Å². The Labute approximate surface area is 147 Å². The van der Waals surface area contributed by atoms with E-state index in [1.165, 1.54) is 13.2 Å². The number of nitrogens with one attached hydrogen (secondary N) is 1. The number of hydrogen-bond acceptors (Lipinski definition) is 5. The number of carbonyl (C=O) groups excluding carboxylic acids is 1. The lowest BCUT2D eigenvalue weighted by Crippen LogP contribution is -2.09. The summed E-state index contributed by atoms with van der Waals surface area (Å²) in [6.07, 6.45) is 3.17. The molecule has 0 unspecified atom stereocenters. The van der Waals surface area contributed by atoms with Gasteiger partial charge in [0.25, 0.3) is 0 Å². The van der Waals surface area contributed by atoms with Crippen molar-refractivity contribution < 1.29 is 23.7 Å². The Kier molecular flexibility index (Phi) is 6.86. The summed E-state index contributed by atoms with van der Waals surface area (Å²) >= 11 is 0. The van der Waals surface area contributed by atoms with Gasteiger partial charge < -0.3 is 24.3 Å². The first-order valence-electron chi connectivity index (χ1n) is 7.59. The highest BCUT2D eigenvalue weighted by Gasteiger charge is 2.07. The van der Waals surface area contributed by atoms with Crippen molar-refractivity contribution in [2.75, 3.05) is 33.4 Å². The maximum absolute atomic E-state index is 12.1. The fraction of sp³-hybridized carbons (Fsp3) is 0.211. The number of methoxy groups -OCH3 is 3. The molecule has 0 saturated carbocycles. The third-order valence-corrected chi connectivity index (χ3v) is 3.32. The van der Waals surface area contributed by atoms with Gasteiger partial charge in [-0.1, -0.05) is 12.1 Å². The van der Waals surface area contributed by atoms with Crippen LogP contribution >= 0.6 is 0 Å². The smallest absolute Gasteiger partial charge is 0.248 e. The molecule has 132 valence electrons. The lowest BCUT2D eigenvalue weighted by molar-refractivity contribution is -0.111. The minimum atomic E-state index is -0.261. The SMILES string of the molecule is COCOc1ccc(/C=C/C(=O)Nc2ccc(OC)cc2OC)cc1.